The molecule has 37 heavy (non-hydrogen) atoms. The van der Waals surface area contributed by atoms with Crippen LogP contribution in [-0.2, 0) is 22.8 Å². The Morgan fingerprint density at radius 2 is 1.35 bits per heavy atom. The molecular weight excluding hydrogens is 533 g/mol. The van der Waals surface area contributed by atoms with Gasteiger partial charge in [-0.25, -0.2) is 4.79 Å². The van der Waals surface area contributed by atoms with Gasteiger partial charge in [-0.1, -0.05) is 51.5 Å². The van der Waals surface area contributed by atoms with Gasteiger partial charge in [-0.2, -0.15) is 0 Å². The van der Waals surface area contributed by atoms with Crippen molar-refractivity contribution in [1.82, 2.24) is 0 Å². The third kappa shape index (κ3) is 20.5. The van der Waals surface area contributed by atoms with Crippen LogP contribution in [-0.4, -0.2) is 76.6 Å². The lowest BCUT2D eigenvalue weighted by Gasteiger charge is -2.36. The van der Waals surface area contributed by atoms with Gasteiger partial charge in [-0.05, 0) is 77.2 Å². The summed E-state index contributed by atoms with van der Waals surface area (Å²) >= 11 is 0. The molecule has 1 N–H and O–H groups in total. The fourth-order valence-corrected chi connectivity index (χ4v) is 20.7. The van der Waals surface area contributed by atoms with E-state index in [4.69, 9.17) is 18.0 Å². The normalized spacial score (nSPS) is 14.0. The third-order valence-corrected chi connectivity index (χ3v) is 20.5. The summed E-state index contributed by atoms with van der Waals surface area (Å²) < 4.78 is 23.8. The van der Waals surface area contributed by atoms with E-state index in [9.17, 15) is 9.90 Å². The lowest BCUT2D eigenvalue weighted by atomic mass is 10.3. The second-order valence-electron chi connectivity index (χ2n) is 13.3. The van der Waals surface area contributed by atoms with Gasteiger partial charge in [0, 0.05) is 26.9 Å². The predicted molar refractivity (Wildman–Crippen MR) is 168 cm³/mol. The lowest BCUT2D eigenvalue weighted by Crippen LogP contribution is -2.45. The Hall–Kier alpha value is -0.0825. The number of carbonyl (C=O) groups is 1. The van der Waals surface area contributed by atoms with Crippen LogP contribution in [0.15, 0.2) is 12.2 Å². The first-order chi connectivity index (χ1) is 16.9. The molecule has 6 nitrogen and oxygen atoms in total. The van der Waals surface area contributed by atoms with Crippen molar-refractivity contribution in [3.63, 3.8) is 0 Å². The van der Waals surface area contributed by atoms with Crippen LogP contribution >= 0.6 is 0 Å². The standard InChI is InChI=1S/C27H60O6Si4/c1-12-13-19-35(6,7)32-17-15-18-34(4,5)21-22-37(10,11)33-36(8,9)20-14-16-30-23-26(28)24-31-27(29)25(2)3/h26,28H,2,12-24H2,1,3-11H3. The molecule has 0 amide bonds. The minimum Gasteiger partial charge on any atom is -0.460 e. The molecule has 10 heteroatoms. The molecule has 0 fully saturated rings. The fourth-order valence-electron chi connectivity index (χ4n) is 4.35. The molecule has 0 bridgehead atoms. The van der Waals surface area contributed by atoms with Gasteiger partial charge in [0.05, 0.1) is 6.61 Å². The Kier molecular flexibility index (Phi) is 17.5. The molecule has 0 aromatic carbocycles. The number of esters is 1. The summed E-state index contributed by atoms with van der Waals surface area (Å²) in [6.07, 6.45) is 3.86. The summed E-state index contributed by atoms with van der Waals surface area (Å²) in [7, 11) is -6.22. The molecule has 0 aliphatic rings. The maximum atomic E-state index is 11.4. The Balaban J connectivity index is 4.25. The van der Waals surface area contributed by atoms with E-state index in [0.717, 1.165) is 19.1 Å². The number of aliphatic hydroxyl groups is 1. The van der Waals surface area contributed by atoms with Crippen molar-refractivity contribution in [3.8, 4) is 0 Å². The average molecular weight is 593 g/mol. The zero-order valence-electron chi connectivity index (χ0n) is 26.0. The number of unbranched alkanes of at least 4 members (excludes halogenated alkanes) is 1. The van der Waals surface area contributed by atoms with Gasteiger partial charge in [0.2, 0.25) is 0 Å². The first-order valence-electron chi connectivity index (χ1n) is 14.3. The number of carbonyl (C=O) groups excluding carboxylic acids is 1. The minimum absolute atomic E-state index is 0.0693. The molecule has 0 aromatic rings. The molecule has 0 saturated carbocycles. The van der Waals surface area contributed by atoms with Crippen LogP contribution in [0.4, 0.5) is 0 Å². The van der Waals surface area contributed by atoms with Crippen molar-refractivity contribution < 1.29 is 27.9 Å². The molecule has 220 valence electrons. The molecule has 1 unspecified atom stereocenters. The highest BCUT2D eigenvalue weighted by molar-refractivity contribution is 6.86. The van der Waals surface area contributed by atoms with Crippen molar-refractivity contribution in [2.45, 2.75) is 128 Å². The Labute approximate surface area is 233 Å². The van der Waals surface area contributed by atoms with Crippen molar-refractivity contribution in [3.05, 3.63) is 12.2 Å². The van der Waals surface area contributed by atoms with Crippen LogP contribution < -0.4 is 0 Å². The summed E-state index contributed by atoms with van der Waals surface area (Å²) in [5, 5.41) is 9.91. The molecular formula is C27H60O6Si4. The van der Waals surface area contributed by atoms with Gasteiger partial charge in [0.15, 0.2) is 25.0 Å². The van der Waals surface area contributed by atoms with E-state index in [0.29, 0.717) is 12.2 Å². The number of hydrogen-bond acceptors (Lipinski definition) is 6. The number of ether oxygens (including phenoxy) is 2. The van der Waals surface area contributed by atoms with Crippen molar-refractivity contribution in [1.29, 1.82) is 0 Å². The van der Waals surface area contributed by atoms with E-state index >= 15 is 0 Å². The summed E-state index contributed by atoms with van der Waals surface area (Å²) in [6, 6.07) is 6.24. The second-order valence-corrected chi connectivity index (χ2v) is 31.8. The van der Waals surface area contributed by atoms with Crippen LogP contribution in [0, 0.1) is 0 Å². The van der Waals surface area contributed by atoms with Crippen LogP contribution in [0.1, 0.15) is 39.5 Å². The third-order valence-electron chi connectivity index (χ3n) is 6.71. The number of aliphatic hydroxyl groups excluding tert-OH is 1. The maximum Gasteiger partial charge on any atom is 0.333 e. The largest absolute Gasteiger partial charge is 0.460 e. The Bertz CT molecular complexity index is 667. The fraction of sp³-hybridized carbons (Fsp3) is 0.889. The first kappa shape index (κ1) is 36.9. The van der Waals surface area contributed by atoms with Gasteiger partial charge < -0.3 is 23.1 Å². The summed E-state index contributed by atoms with van der Waals surface area (Å²) in [5.74, 6) is -0.487. The highest BCUT2D eigenvalue weighted by atomic mass is 28.4. The van der Waals surface area contributed by atoms with Crippen molar-refractivity contribution in [2.75, 3.05) is 26.4 Å². The van der Waals surface area contributed by atoms with Gasteiger partial charge >= 0.3 is 5.97 Å². The Morgan fingerprint density at radius 3 is 1.95 bits per heavy atom. The van der Waals surface area contributed by atoms with Crippen molar-refractivity contribution >= 4 is 39.0 Å². The predicted octanol–water partition coefficient (Wildman–Crippen LogP) is 7.42. The van der Waals surface area contributed by atoms with E-state index in [1.54, 1.807) is 6.92 Å². The molecule has 0 heterocycles. The minimum atomic E-state index is -1.78. The number of hydrogen-bond donors (Lipinski definition) is 1. The highest BCUT2D eigenvalue weighted by Crippen LogP contribution is 2.29. The van der Waals surface area contributed by atoms with Crippen molar-refractivity contribution in [2.24, 2.45) is 0 Å². The van der Waals surface area contributed by atoms with E-state index < -0.39 is 45.1 Å². The van der Waals surface area contributed by atoms with E-state index in [1.807, 2.05) is 0 Å². The summed E-state index contributed by atoms with van der Waals surface area (Å²) in [5.41, 5.74) is 0.325. The monoisotopic (exact) mass is 592 g/mol. The molecule has 0 aliphatic heterocycles. The molecule has 0 saturated heterocycles. The SMILES string of the molecule is C=C(C)C(=O)OCC(O)COCCC[Si](C)(C)O[Si](C)(C)CC[Si](C)(C)CCCO[Si](C)(C)CCCC. The van der Waals surface area contributed by atoms with Crippen LogP contribution in [0.3, 0.4) is 0 Å². The molecule has 1 atom stereocenters. The van der Waals surface area contributed by atoms with Gasteiger partial charge in [0.1, 0.15) is 12.7 Å². The van der Waals surface area contributed by atoms with Gasteiger partial charge in [-0.3, -0.25) is 0 Å². The van der Waals surface area contributed by atoms with Gasteiger partial charge in [-0.15, -0.1) is 0 Å². The summed E-state index contributed by atoms with van der Waals surface area (Å²) in [4.78, 5) is 11.4. The zero-order chi connectivity index (χ0) is 28.8. The molecule has 0 rings (SSSR count). The zero-order valence-corrected chi connectivity index (χ0v) is 30.0. The first-order valence-corrected chi connectivity index (χ1v) is 27.1. The number of rotatable bonds is 22. The Morgan fingerprint density at radius 1 is 0.784 bits per heavy atom. The van der Waals surface area contributed by atoms with Crippen LogP contribution in [0.25, 0.3) is 0 Å². The molecule has 0 spiro atoms. The lowest BCUT2D eigenvalue weighted by molar-refractivity contribution is -0.143. The average Bonchev–Trinajstić information content (AvgIpc) is 2.77. The van der Waals surface area contributed by atoms with Gasteiger partial charge in [0.25, 0.3) is 0 Å². The van der Waals surface area contributed by atoms with Crippen LogP contribution in [0.2, 0.25) is 82.6 Å². The highest BCUT2D eigenvalue weighted by Gasteiger charge is 2.34. The van der Waals surface area contributed by atoms with Crippen LogP contribution in [0.5, 0.6) is 0 Å². The smallest absolute Gasteiger partial charge is 0.333 e. The topological polar surface area (TPSA) is 74.2 Å². The second kappa shape index (κ2) is 17.6. The quantitative estimate of drug-likeness (QED) is 0.0610. The van der Waals surface area contributed by atoms with E-state index in [2.05, 4.69) is 65.9 Å². The van der Waals surface area contributed by atoms with E-state index in [1.165, 1.54) is 43.4 Å². The molecule has 0 aliphatic carbocycles. The molecule has 0 radical (unpaired) electrons. The molecule has 0 aromatic heterocycles. The van der Waals surface area contributed by atoms with E-state index in [-0.39, 0.29) is 13.2 Å². The summed E-state index contributed by atoms with van der Waals surface area (Å²) in [6.45, 7) is 28.2. The maximum absolute atomic E-state index is 11.4.